The lowest BCUT2D eigenvalue weighted by Gasteiger charge is -2.23. The predicted octanol–water partition coefficient (Wildman–Crippen LogP) is 1.43. The van der Waals surface area contributed by atoms with Gasteiger partial charge in [-0.15, -0.1) is 0 Å². The summed E-state index contributed by atoms with van der Waals surface area (Å²) in [5, 5.41) is 2.72. The van der Waals surface area contributed by atoms with Crippen LogP contribution in [0.3, 0.4) is 0 Å². The van der Waals surface area contributed by atoms with Crippen LogP contribution >= 0.6 is 0 Å². The molecule has 112 valence electrons. The van der Waals surface area contributed by atoms with Crippen molar-refractivity contribution in [1.82, 2.24) is 5.32 Å². The maximum Gasteiger partial charge on any atom is 0.254 e. The predicted molar refractivity (Wildman–Crippen MR) is 78.3 cm³/mol. The Morgan fingerprint density at radius 2 is 2.38 bits per heavy atom. The Bertz CT molecular complexity index is 584. The van der Waals surface area contributed by atoms with Crippen LogP contribution in [-0.4, -0.2) is 31.2 Å². The van der Waals surface area contributed by atoms with Gasteiger partial charge in [0.15, 0.2) is 0 Å². The van der Waals surface area contributed by atoms with Gasteiger partial charge in [-0.3, -0.25) is 4.79 Å². The van der Waals surface area contributed by atoms with Gasteiger partial charge in [0.1, 0.15) is 5.82 Å². The topological polar surface area (TPSA) is 64.4 Å². The zero-order chi connectivity index (χ0) is 15.3. The lowest BCUT2D eigenvalue weighted by molar-refractivity contribution is 0.0205. The second kappa shape index (κ2) is 6.70. The summed E-state index contributed by atoms with van der Waals surface area (Å²) in [5.74, 6) is 4.34. The van der Waals surface area contributed by atoms with Crippen LogP contribution in [0, 0.1) is 17.7 Å². The average molecular weight is 290 g/mol. The lowest BCUT2D eigenvalue weighted by Crippen LogP contribution is -2.40. The maximum absolute atomic E-state index is 13.9. The largest absolute Gasteiger partial charge is 0.373 e. The third-order valence-corrected chi connectivity index (χ3v) is 3.47. The van der Waals surface area contributed by atoms with Crippen LogP contribution < -0.4 is 11.1 Å². The van der Waals surface area contributed by atoms with Crippen molar-refractivity contribution in [1.29, 1.82) is 0 Å². The van der Waals surface area contributed by atoms with Gasteiger partial charge in [0, 0.05) is 18.7 Å². The third-order valence-electron chi connectivity index (χ3n) is 3.47. The number of carbonyl (C=O) groups is 1. The first-order chi connectivity index (χ1) is 10.0. The molecule has 21 heavy (non-hydrogen) atoms. The number of hydrogen-bond donors (Lipinski definition) is 2. The molecule has 1 fully saturated rings. The first-order valence-electron chi connectivity index (χ1n) is 6.95. The van der Waals surface area contributed by atoms with E-state index in [0.29, 0.717) is 18.7 Å². The molecule has 0 aromatic heterocycles. The highest BCUT2D eigenvalue weighted by molar-refractivity contribution is 5.94. The molecular weight excluding hydrogens is 271 g/mol. The molecule has 4 nitrogen and oxygen atoms in total. The van der Waals surface area contributed by atoms with Crippen molar-refractivity contribution < 1.29 is 13.9 Å². The summed E-state index contributed by atoms with van der Waals surface area (Å²) in [6, 6.07) is 4.28. The van der Waals surface area contributed by atoms with Crippen molar-refractivity contribution in [2.45, 2.75) is 25.4 Å². The molecule has 1 heterocycles. The summed E-state index contributed by atoms with van der Waals surface area (Å²) in [7, 11) is 0. The standard InChI is InChI=1S/C16H19FN2O2/c1-16(7-3-9-21-16)11-19-15(20)13-6-5-12(4-2-8-18)10-14(13)17/h5-6,10H,3,7-9,11,18H2,1H3,(H,19,20). The first-order valence-corrected chi connectivity index (χ1v) is 6.95. The molecule has 5 heteroatoms. The number of nitrogens with one attached hydrogen (secondary N) is 1. The molecule has 2 rings (SSSR count). The van der Waals surface area contributed by atoms with Crippen molar-refractivity contribution >= 4 is 5.91 Å². The van der Waals surface area contributed by atoms with Crippen LogP contribution in [0.25, 0.3) is 0 Å². The quantitative estimate of drug-likeness (QED) is 0.828. The van der Waals surface area contributed by atoms with Gasteiger partial charge in [0.25, 0.3) is 5.91 Å². The number of carbonyl (C=O) groups excluding carboxylic acids is 1. The molecule has 0 aliphatic carbocycles. The number of benzene rings is 1. The van der Waals surface area contributed by atoms with Gasteiger partial charge in [-0.25, -0.2) is 4.39 Å². The van der Waals surface area contributed by atoms with Crippen LogP contribution in [0.4, 0.5) is 4.39 Å². The zero-order valence-electron chi connectivity index (χ0n) is 12.0. The molecule has 1 atom stereocenters. The van der Waals surface area contributed by atoms with Gasteiger partial charge in [0.2, 0.25) is 0 Å². The van der Waals surface area contributed by atoms with Gasteiger partial charge >= 0.3 is 0 Å². The number of amides is 1. The minimum Gasteiger partial charge on any atom is -0.373 e. The molecule has 1 aromatic carbocycles. The van der Waals surface area contributed by atoms with Crippen molar-refractivity contribution in [3.05, 3.63) is 35.1 Å². The number of halogens is 1. The summed E-state index contributed by atoms with van der Waals surface area (Å²) in [6.07, 6.45) is 1.87. The number of hydrogen-bond acceptors (Lipinski definition) is 3. The fourth-order valence-corrected chi connectivity index (χ4v) is 2.27. The SMILES string of the molecule is CC1(CNC(=O)c2ccc(C#CCN)cc2F)CCCO1. The lowest BCUT2D eigenvalue weighted by atomic mass is 10.0. The van der Waals surface area contributed by atoms with Gasteiger partial charge in [-0.1, -0.05) is 11.8 Å². The highest BCUT2D eigenvalue weighted by Gasteiger charge is 2.30. The van der Waals surface area contributed by atoms with Crippen molar-refractivity contribution in [2.75, 3.05) is 19.7 Å². The average Bonchev–Trinajstić information content (AvgIpc) is 2.90. The fourth-order valence-electron chi connectivity index (χ4n) is 2.27. The normalized spacial score (nSPS) is 20.7. The summed E-state index contributed by atoms with van der Waals surface area (Å²) in [5.41, 5.74) is 5.42. The minimum absolute atomic E-state index is 0.00916. The zero-order valence-corrected chi connectivity index (χ0v) is 12.0. The van der Waals surface area contributed by atoms with E-state index < -0.39 is 11.7 Å². The first kappa shape index (κ1) is 15.5. The summed E-state index contributed by atoms with van der Waals surface area (Å²) >= 11 is 0. The molecule has 1 aromatic rings. The smallest absolute Gasteiger partial charge is 0.254 e. The Balaban J connectivity index is 2.02. The Labute approximate surface area is 123 Å². The molecule has 1 unspecified atom stereocenters. The van der Waals surface area contributed by atoms with Crippen molar-refractivity contribution in [2.24, 2.45) is 5.73 Å². The summed E-state index contributed by atoms with van der Waals surface area (Å²) in [6.45, 7) is 3.24. The summed E-state index contributed by atoms with van der Waals surface area (Å²) < 4.78 is 19.5. The van der Waals surface area contributed by atoms with E-state index in [0.717, 1.165) is 12.8 Å². The molecule has 1 aliphatic heterocycles. The Hall–Kier alpha value is -1.90. The number of nitrogens with two attached hydrogens (primary N) is 1. The Morgan fingerprint density at radius 1 is 1.57 bits per heavy atom. The van der Waals surface area contributed by atoms with Gasteiger partial charge in [-0.2, -0.15) is 0 Å². The second-order valence-electron chi connectivity index (χ2n) is 5.29. The van der Waals surface area contributed by atoms with Crippen molar-refractivity contribution in [3.8, 4) is 11.8 Å². The molecule has 1 aliphatic rings. The van der Waals surface area contributed by atoms with E-state index in [-0.39, 0.29) is 17.7 Å². The molecule has 0 spiro atoms. The maximum atomic E-state index is 13.9. The minimum atomic E-state index is -0.589. The van der Waals surface area contributed by atoms with E-state index in [1.165, 1.54) is 12.1 Å². The highest BCUT2D eigenvalue weighted by Crippen LogP contribution is 2.24. The fraction of sp³-hybridized carbons (Fsp3) is 0.438. The van der Waals surface area contributed by atoms with Crippen LogP contribution in [0.2, 0.25) is 0 Å². The summed E-state index contributed by atoms with van der Waals surface area (Å²) in [4.78, 5) is 12.0. The van der Waals surface area contributed by atoms with Crippen LogP contribution in [0.15, 0.2) is 18.2 Å². The molecule has 0 saturated carbocycles. The second-order valence-corrected chi connectivity index (χ2v) is 5.29. The van der Waals surface area contributed by atoms with Gasteiger partial charge < -0.3 is 15.8 Å². The van der Waals surface area contributed by atoms with E-state index in [1.54, 1.807) is 6.07 Å². The van der Waals surface area contributed by atoms with E-state index in [9.17, 15) is 9.18 Å². The van der Waals surface area contributed by atoms with Gasteiger partial charge in [-0.05, 0) is 38.0 Å². The van der Waals surface area contributed by atoms with E-state index in [2.05, 4.69) is 17.2 Å². The monoisotopic (exact) mass is 290 g/mol. The molecule has 0 bridgehead atoms. The van der Waals surface area contributed by atoms with Crippen LogP contribution in [0.5, 0.6) is 0 Å². The molecule has 3 N–H and O–H groups in total. The van der Waals surface area contributed by atoms with Crippen LogP contribution in [0.1, 0.15) is 35.7 Å². The molecule has 1 saturated heterocycles. The number of rotatable bonds is 3. The third kappa shape index (κ3) is 4.03. The van der Waals surface area contributed by atoms with E-state index in [1.807, 2.05) is 6.92 Å². The highest BCUT2D eigenvalue weighted by atomic mass is 19.1. The van der Waals surface area contributed by atoms with Gasteiger partial charge in [0.05, 0.1) is 17.7 Å². The molecule has 0 radical (unpaired) electrons. The number of ether oxygens (including phenoxy) is 1. The Morgan fingerprint density at radius 3 is 3.00 bits per heavy atom. The molecule has 1 amide bonds. The molecular formula is C16H19FN2O2. The van der Waals surface area contributed by atoms with Crippen molar-refractivity contribution in [3.63, 3.8) is 0 Å². The van der Waals surface area contributed by atoms with E-state index in [4.69, 9.17) is 10.5 Å². The van der Waals surface area contributed by atoms with E-state index >= 15 is 0 Å². The Kier molecular flexibility index (Phi) is 4.94. The van der Waals surface area contributed by atoms with Crippen LogP contribution in [-0.2, 0) is 4.74 Å².